The molecule has 96 valence electrons. The van der Waals surface area contributed by atoms with E-state index in [1.165, 1.54) is 6.42 Å². The molecule has 0 spiro atoms. The molecule has 18 heavy (non-hydrogen) atoms. The van der Waals surface area contributed by atoms with Gasteiger partial charge in [-0.15, -0.1) is 0 Å². The van der Waals surface area contributed by atoms with E-state index in [-0.39, 0.29) is 6.10 Å². The van der Waals surface area contributed by atoms with Gasteiger partial charge in [-0.25, -0.2) is 0 Å². The average Bonchev–Trinajstić information content (AvgIpc) is 2.77. The minimum atomic E-state index is 0.251. The van der Waals surface area contributed by atoms with E-state index in [1.54, 1.807) is 0 Å². The second kappa shape index (κ2) is 4.98. The summed E-state index contributed by atoms with van der Waals surface area (Å²) >= 11 is 0. The number of hydrogen-bond acceptors (Lipinski definition) is 3. The summed E-state index contributed by atoms with van der Waals surface area (Å²) < 4.78 is 8.19. The van der Waals surface area contributed by atoms with Gasteiger partial charge in [0.2, 0.25) is 0 Å². The van der Waals surface area contributed by atoms with Crippen LogP contribution in [-0.2, 0) is 6.54 Å². The van der Waals surface area contributed by atoms with Gasteiger partial charge in [-0.3, -0.25) is 4.57 Å². The number of imidazole rings is 1. The van der Waals surface area contributed by atoms with Crippen molar-refractivity contribution in [1.82, 2.24) is 14.9 Å². The number of piperidine rings is 1. The van der Waals surface area contributed by atoms with Gasteiger partial charge < -0.3 is 10.1 Å². The van der Waals surface area contributed by atoms with Crippen molar-refractivity contribution in [1.29, 1.82) is 0 Å². The summed E-state index contributed by atoms with van der Waals surface area (Å²) in [5.41, 5.74) is 2.16. The molecule has 1 saturated heterocycles. The SMILES string of the molecule is CCn1c(O[C@@H]2CCCNC2)nc2ccccc21. The van der Waals surface area contributed by atoms with E-state index < -0.39 is 0 Å². The number of rotatable bonds is 3. The van der Waals surface area contributed by atoms with E-state index >= 15 is 0 Å². The summed E-state index contributed by atoms with van der Waals surface area (Å²) in [6.45, 7) is 5.03. The van der Waals surface area contributed by atoms with Gasteiger partial charge in [0, 0.05) is 13.1 Å². The highest BCUT2D eigenvalue weighted by Gasteiger charge is 2.18. The molecule has 1 N–H and O–H groups in total. The highest BCUT2D eigenvalue weighted by Crippen LogP contribution is 2.22. The van der Waals surface area contributed by atoms with E-state index in [2.05, 4.69) is 27.9 Å². The van der Waals surface area contributed by atoms with Crippen LogP contribution in [0, 0.1) is 0 Å². The van der Waals surface area contributed by atoms with Gasteiger partial charge >= 0.3 is 0 Å². The first-order chi connectivity index (χ1) is 8.88. The van der Waals surface area contributed by atoms with Gasteiger partial charge in [-0.05, 0) is 38.4 Å². The zero-order valence-electron chi connectivity index (χ0n) is 10.7. The van der Waals surface area contributed by atoms with E-state index in [0.717, 1.165) is 43.1 Å². The predicted molar refractivity (Wildman–Crippen MR) is 71.9 cm³/mol. The molecule has 1 atom stereocenters. The van der Waals surface area contributed by atoms with Crippen LogP contribution < -0.4 is 10.1 Å². The topological polar surface area (TPSA) is 39.1 Å². The maximum absolute atomic E-state index is 6.05. The first kappa shape index (κ1) is 11.5. The predicted octanol–water partition coefficient (Wildman–Crippen LogP) is 2.19. The molecule has 4 nitrogen and oxygen atoms in total. The molecule has 0 amide bonds. The van der Waals surface area contributed by atoms with Crippen LogP contribution in [0.15, 0.2) is 24.3 Å². The lowest BCUT2D eigenvalue weighted by atomic mass is 10.1. The molecule has 2 aromatic rings. The van der Waals surface area contributed by atoms with Gasteiger partial charge in [-0.2, -0.15) is 4.98 Å². The van der Waals surface area contributed by atoms with Gasteiger partial charge in [0.1, 0.15) is 6.10 Å². The number of ether oxygens (including phenoxy) is 1. The third-order valence-corrected chi connectivity index (χ3v) is 3.46. The lowest BCUT2D eigenvalue weighted by Crippen LogP contribution is -2.37. The molecule has 2 heterocycles. The summed E-state index contributed by atoms with van der Waals surface area (Å²) in [5, 5.41) is 3.36. The Labute approximate surface area is 107 Å². The number of nitrogens with zero attached hydrogens (tertiary/aromatic N) is 2. The van der Waals surface area contributed by atoms with Crippen molar-refractivity contribution in [3.63, 3.8) is 0 Å². The molecular formula is C14H19N3O. The van der Waals surface area contributed by atoms with Crippen LogP contribution in [0.2, 0.25) is 0 Å². The fraction of sp³-hybridized carbons (Fsp3) is 0.500. The smallest absolute Gasteiger partial charge is 0.297 e. The maximum atomic E-state index is 6.05. The molecule has 1 aromatic heterocycles. The van der Waals surface area contributed by atoms with Gasteiger partial charge in [0.25, 0.3) is 6.01 Å². The summed E-state index contributed by atoms with van der Waals surface area (Å²) in [6.07, 6.45) is 2.54. The van der Waals surface area contributed by atoms with Gasteiger partial charge in [0.15, 0.2) is 0 Å². The van der Waals surface area contributed by atoms with Crippen molar-refractivity contribution in [3.8, 4) is 6.01 Å². The normalized spacial score (nSPS) is 20.2. The largest absolute Gasteiger partial charge is 0.460 e. The molecule has 4 heteroatoms. The lowest BCUT2D eigenvalue weighted by Gasteiger charge is -2.23. The molecule has 1 fully saturated rings. The van der Waals surface area contributed by atoms with Crippen LogP contribution in [0.5, 0.6) is 6.01 Å². The maximum Gasteiger partial charge on any atom is 0.297 e. The zero-order valence-corrected chi connectivity index (χ0v) is 10.7. The van der Waals surface area contributed by atoms with E-state index in [1.807, 2.05) is 18.2 Å². The molecule has 0 aliphatic carbocycles. The Morgan fingerprint density at radius 3 is 3.11 bits per heavy atom. The zero-order chi connectivity index (χ0) is 12.4. The second-order valence-electron chi connectivity index (χ2n) is 4.71. The summed E-state index contributed by atoms with van der Waals surface area (Å²) in [5.74, 6) is 0. The van der Waals surface area contributed by atoms with Crippen molar-refractivity contribution in [3.05, 3.63) is 24.3 Å². The first-order valence-corrected chi connectivity index (χ1v) is 6.71. The Hall–Kier alpha value is -1.55. The van der Waals surface area contributed by atoms with Crippen molar-refractivity contribution < 1.29 is 4.74 Å². The molecule has 0 bridgehead atoms. The number of hydrogen-bond donors (Lipinski definition) is 1. The summed E-state index contributed by atoms with van der Waals surface area (Å²) in [4.78, 5) is 4.59. The molecule has 3 rings (SSSR count). The summed E-state index contributed by atoms with van der Waals surface area (Å²) in [6, 6.07) is 8.95. The van der Waals surface area contributed by atoms with E-state index in [0.29, 0.717) is 0 Å². The standard InChI is InChI=1S/C14H19N3O/c1-2-17-13-8-4-3-7-12(13)16-14(17)18-11-6-5-9-15-10-11/h3-4,7-8,11,15H,2,5-6,9-10H2,1H3/t11-/m1/s1. The fourth-order valence-electron chi connectivity index (χ4n) is 2.52. The highest BCUT2D eigenvalue weighted by molar-refractivity contribution is 5.76. The Kier molecular flexibility index (Phi) is 3.19. The first-order valence-electron chi connectivity index (χ1n) is 6.71. The fourth-order valence-corrected chi connectivity index (χ4v) is 2.52. The quantitative estimate of drug-likeness (QED) is 0.901. The molecule has 0 radical (unpaired) electrons. The molecule has 1 aliphatic rings. The molecular weight excluding hydrogens is 226 g/mol. The number of fused-ring (bicyclic) bond motifs is 1. The van der Waals surface area contributed by atoms with Crippen LogP contribution in [0.25, 0.3) is 11.0 Å². The Morgan fingerprint density at radius 2 is 2.33 bits per heavy atom. The molecule has 0 saturated carbocycles. The van der Waals surface area contributed by atoms with Crippen LogP contribution in [0.3, 0.4) is 0 Å². The average molecular weight is 245 g/mol. The second-order valence-corrected chi connectivity index (χ2v) is 4.71. The van der Waals surface area contributed by atoms with E-state index in [4.69, 9.17) is 4.74 Å². The highest BCUT2D eigenvalue weighted by atomic mass is 16.5. The Bertz CT molecular complexity index is 529. The van der Waals surface area contributed by atoms with Crippen molar-refractivity contribution in [2.45, 2.75) is 32.4 Å². The Balaban J connectivity index is 1.90. The van der Waals surface area contributed by atoms with Crippen molar-refractivity contribution in [2.24, 2.45) is 0 Å². The van der Waals surface area contributed by atoms with Crippen molar-refractivity contribution in [2.75, 3.05) is 13.1 Å². The molecule has 0 unspecified atom stereocenters. The molecule has 1 aromatic carbocycles. The number of para-hydroxylation sites is 2. The van der Waals surface area contributed by atoms with Gasteiger partial charge in [0.05, 0.1) is 11.0 Å². The number of nitrogens with one attached hydrogen (secondary N) is 1. The third kappa shape index (κ3) is 2.08. The van der Waals surface area contributed by atoms with Crippen molar-refractivity contribution >= 4 is 11.0 Å². The number of benzene rings is 1. The number of aryl methyl sites for hydroxylation is 1. The Morgan fingerprint density at radius 1 is 1.44 bits per heavy atom. The minimum absolute atomic E-state index is 0.251. The van der Waals surface area contributed by atoms with Crippen LogP contribution in [-0.4, -0.2) is 28.7 Å². The minimum Gasteiger partial charge on any atom is -0.460 e. The monoisotopic (exact) mass is 245 g/mol. The van der Waals surface area contributed by atoms with Gasteiger partial charge in [-0.1, -0.05) is 12.1 Å². The lowest BCUT2D eigenvalue weighted by molar-refractivity contribution is 0.148. The van der Waals surface area contributed by atoms with Crippen LogP contribution in [0.1, 0.15) is 19.8 Å². The number of aromatic nitrogens is 2. The van der Waals surface area contributed by atoms with E-state index in [9.17, 15) is 0 Å². The third-order valence-electron chi connectivity index (χ3n) is 3.46. The molecule has 1 aliphatic heterocycles. The summed E-state index contributed by atoms with van der Waals surface area (Å²) in [7, 11) is 0. The van der Waals surface area contributed by atoms with Crippen LogP contribution >= 0.6 is 0 Å². The van der Waals surface area contributed by atoms with Crippen LogP contribution in [0.4, 0.5) is 0 Å².